The Balaban J connectivity index is 1.40. The number of carbonyl (C=O) groups excluding carboxylic acids is 1. The van der Waals surface area contributed by atoms with E-state index < -0.39 is 0 Å². The van der Waals surface area contributed by atoms with E-state index in [9.17, 15) is 4.79 Å². The maximum absolute atomic E-state index is 12.0. The molecule has 128 valence electrons. The Morgan fingerprint density at radius 3 is 2.84 bits per heavy atom. The molecule has 3 atom stereocenters. The second kappa shape index (κ2) is 6.56. The number of esters is 1. The lowest BCUT2D eigenvalue weighted by atomic mass is 10.1. The fraction of sp³-hybridized carbons (Fsp3) is 0.250. The van der Waals surface area contributed by atoms with E-state index in [1.54, 1.807) is 30.6 Å². The number of fused-ring (bicyclic) bond motifs is 1. The summed E-state index contributed by atoms with van der Waals surface area (Å²) in [7, 11) is 0. The monoisotopic (exact) mass is 451 g/mol. The molecule has 8 nitrogen and oxygen atoms in total. The Kier molecular flexibility index (Phi) is 4.25. The van der Waals surface area contributed by atoms with Gasteiger partial charge in [-0.25, -0.2) is 19.7 Å². The van der Waals surface area contributed by atoms with Crippen LogP contribution < -0.4 is 5.73 Å². The second-order valence-corrected chi connectivity index (χ2v) is 7.00. The topological polar surface area (TPSA) is 105 Å². The van der Waals surface area contributed by atoms with Gasteiger partial charge in [-0.1, -0.05) is 40.8 Å². The van der Waals surface area contributed by atoms with Gasteiger partial charge in [0.15, 0.2) is 17.7 Å². The van der Waals surface area contributed by atoms with Gasteiger partial charge >= 0.3 is 5.97 Å². The van der Waals surface area contributed by atoms with E-state index in [2.05, 4.69) is 37.5 Å². The third-order valence-electron chi connectivity index (χ3n) is 3.99. The number of ether oxygens (including phenoxy) is 2. The van der Waals surface area contributed by atoms with Crippen LogP contribution in [0.4, 0.5) is 5.82 Å². The maximum Gasteiger partial charge on any atom is 0.338 e. The number of carbonyl (C=O) groups is 1. The number of imidazole rings is 1. The van der Waals surface area contributed by atoms with Gasteiger partial charge in [0.1, 0.15) is 24.6 Å². The van der Waals surface area contributed by atoms with Crippen molar-refractivity contribution in [3.63, 3.8) is 0 Å². The Bertz CT molecular complexity index is 917. The highest BCUT2D eigenvalue weighted by Gasteiger charge is 2.43. The lowest BCUT2D eigenvalue weighted by Crippen LogP contribution is -2.49. The predicted octanol–water partition coefficient (Wildman–Crippen LogP) is 1.97. The first-order valence-corrected chi connectivity index (χ1v) is 8.84. The molecule has 2 aromatic heterocycles. The molecule has 0 radical (unpaired) electrons. The lowest BCUT2D eigenvalue weighted by molar-refractivity contribution is -0.165. The zero-order valence-corrected chi connectivity index (χ0v) is 15.1. The minimum absolute atomic E-state index is 0.106. The number of nitrogens with two attached hydrogens (primary N) is 1. The molecule has 1 fully saturated rings. The minimum atomic E-state index is -0.357. The fourth-order valence-corrected chi connectivity index (χ4v) is 3.54. The van der Waals surface area contributed by atoms with Crippen LogP contribution in [0.2, 0.25) is 0 Å². The summed E-state index contributed by atoms with van der Waals surface area (Å²) in [6.45, 7) is 0.196. The quantitative estimate of drug-likeness (QED) is 0.367. The van der Waals surface area contributed by atoms with Gasteiger partial charge in [0.25, 0.3) is 0 Å². The summed E-state index contributed by atoms with van der Waals surface area (Å²) in [5, 5.41) is 0. The number of hydrogen-bond acceptors (Lipinski definition) is 7. The number of aromatic nitrogens is 4. The van der Waals surface area contributed by atoms with Crippen LogP contribution in [-0.2, 0) is 9.47 Å². The van der Waals surface area contributed by atoms with Gasteiger partial charge in [0.2, 0.25) is 0 Å². The van der Waals surface area contributed by atoms with Gasteiger partial charge in [-0.2, -0.15) is 0 Å². The van der Waals surface area contributed by atoms with Gasteiger partial charge in [-0.15, -0.1) is 0 Å². The Morgan fingerprint density at radius 2 is 2.08 bits per heavy atom. The summed E-state index contributed by atoms with van der Waals surface area (Å²) in [5.41, 5.74) is 7.50. The summed E-state index contributed by atoms with van der Waals surface area (Å²) >= 11 is 2.28. The van der Waals surface area contributed by atoms with Crippen molar-refractivity contribution in [2.45, 2.75) is 16.3 Å². The Labute approximate surface area is 156 Å². The van der Waals surface area contributed by atoms with Gasteiger partial charge in [-0.05, 0) is 12.1 Å². The van der Waals surface area contributed by atoms with Crippen LogP contribution in [0.15, 0.2) is 43.0 Å². The van der Waals surface area contributed by atoms with Crippen molar-refractivity contribution < 1.29 is 14.3 Å². The molecule has 0 amide bonds. The molecular formula is C16H14IN5O3. The molecule has 3 heterocycles. The number of rotatable bonds is 4. The highest BCUT2D eigenvalue weighted by Crippen LogP contribution is 2.39. The molecule has 9 heteroatoms. The van der Waals surface area contributed by atoms with E-state index in [0.29, 0.717) is 22.5 Å². The maximum atomic E-state index is 12.0. The standard InChI is InChI=1S/C16H14IN5O3/c17-11-10(6-24-16(23)9-4-2-1-3-5-9)25-15(11)22-8-21-12-13(18)19-7-20-14(12)22/h1-5,7-8,10-11,15H,6H2,(H2,18,19,20)/t10-,11-,15-/m1/s1. The van der Waals surface area contributed by atoms with Gasteiger partial charge in [0.05, 0.1) is 15.8 Å². The first kappa shape index (κ1) is 16.2. The van der Waals surface area contributed by atoms with E-state index >= 15 is 0 Å². The SMILES string of the molecule is Nc1ncnc2c1ncn2[C@@H]1O[C@H](COC(=O)c2ccccc2)[C@H]1I. The van der Waals surface area contributed by atoms with Crippen LogP contribution in [0.1, 0.15) is 16.6 Å². The lowest BCUT2D eigenvalue weighted by Gasteiger charge is -2.41. The summed E-state index contributed by atoms with van der Waals surface area (Å²) in [6, 6.07) is 8.88. The predicted molar refractivity (Wildman–Crippen MR) is 98.2 cm³/mol. The molecule has 1 aliphatic rings. The average Bonchev–Trinajstić information content (AvgIpc) is 3.06. The van der Waals surface area contributed by atoms with Crippen LogP contribution in [-0.4, -0.2) is 42.1 Å². The van der Waals surface area contributed by atoms with Crippen LogP contribution in [0.25, 0.3) is 11.2 Å². The third-order valence-corrected chi connectivity index (χ3v) is 5.41. The molecule has 0 spiro atoms. The van der Waals surface area contributed by atoms with Crippen LogP contribution in [0.5, 0.6) is 0 Å². The van der Waals surface area contributed by atoms with Crippen molar-refractivity contribution in [3.8, 4) is 0 Å². The Morgan fingerprint density at radius 1 is 1.28 bits per heavy atom. The summed E-state index contributed by atoms with van der Waals surface area (Å²) in [4.78, 5) is 24.4. The smallest absolute Gasteiger partial charge is 0.338 e. The third kappa shape index (κ3) is 2.93. The average molecular weight is 451 g/mol. The number of nitrogens with zero attached hydrogens (tertiary/aromatic N) is 4. The molecular weight excluding hydrogens is 437 g/mol. The van der Waals surface area contributed by atoms with Crippen molar-refractivity contribution >= 4 is 45.5 Å². The molecule has 1 saturated heterocycles. The fourth-order valence-electron chi connectivity index (χ4n) is 2.65. The van der Waals surface area contributed by atoms with Gasteiger partial charge in [0, 0.05) is 0 Å². The van der Waals surface area contributed by atoms with Gasteiger partial charge < -0.3 is 15.2 Å². The van der Waals surface area contributed by atoms with Crippen molar-refractivity contribution in [3.05, 3.63) is 48.5 Å². The zero-order chi connectivity index (χ0) is 17.4. The molecule has 0 unspecified atom stereocenters. The number of hydrogen-bond donors (Lipinski definition) is 1. The molecule has 3 aromatic rings. The molecule has 0 saturated carbocycles. The highest BCUT2D eigenvalue weighted by molar-refractivity contribution is 14.1. The van der Waals surface area contributed by atoms with Crippen molar-refractivity contribution in [2.75, 3.05) is 12.3 Å². The van der Waals surface area contributed by atoms with Crippen molar-refractivity contribution in [1.29, 1.82) is 0 Å². The molecule has 1 aliphatic heterocycles. The van der Waals surface area contributed by atoms with Crippen LogP contribution in [0, 0.1) is 0 Å². The molecule has 4 rings (SSSR count). The van der Waals surface area contributed by atoms with Crippen LogP contribution >= 0.6 is 22.6 Å². The van der Waals surface area contributed by atoms with E-state index in [1.165, 1.54) is 6.33 Å². The van der Waals surface area contributed by atoms with Crippen LogP contribution in [0.3, 0.4) is 0 Å². The summed E-state index contributed by atoms with van der Waals surface area (Å²) < 4.78 is 13.1. The van der Waals surface area contributed by atoms with E-state index in [4.69, 9.17) is 15.2 Å². The van der Waals surface area contributed by atoms with Gasteiger partial charge in [-0.3, -0.25) is 4.57 Å². The highest BCUT2D eigenvalue weighted by atomic mass is 127. The molecule has 0 bridgehead atoms. The van der Waals surface area contributed by atoms with E-state index in [-0.39, 0.29) is 28.8 Å². The largest absolute Gasteiger partial charge is 0.459 e. The Hall–Kier alpha value is -2.27. The normalized spacial score (nSPS) is 22.5. The van der Waals surface area contributed by atoms with E-state index in [0.717, 1.165) is 0 Å². The number of benzene rings is 1. The first-order chi connectivity index (χ1) is 12.1. The molecule has 25 heavy (non-hydrogen) atoms. The number of alkyl halides is 1. The second-order valence-electron chi connectivity index (χ2n) is 5.56. The number of halogens is 1. The number of anilines is 1. The molecule has 2 N–H and O–H groups in total. The number of nitrogen functional groups attached to an aromatic ring is 1. The van der Waals surface area contributed by atoms with Crippen molar-refractivity contribution in [1.82, 2.24) is 19.5 Å². The first-order valence-electron chi connectivity index (χ1n) is 7.60. The van der Waals surface area contributed by atoms with E-state index in [1.807, 2.05) is 10.6 Å². The minimum Gasteiger partial charge on any atom is -0.459 e. The summed E-state index contributed by atoms with van der Waals surface area (Å²) in [6.07, 6.45) is 2.61. The zero-order valence-electron chi connectivity index (χ0n) is 12.9. The summed E-state index contributed by atoms with van der Waals surface area (Å²) in [5.74, 6) is -0.0220. The molecule has 0 aliphatic carbocycles. The molecule has 1 aromatic carbocycles. The van der Waals surface area contributed by atoms with Crippen molar-refractivity contribution in [2.24, 2.45) is 0 Å².